The Morgan fingerprint density at radius 2 is 1.97 bits per heavy atom. The summed E-state index contributed by atoms with van der Waals surface area (Å²) >= 11 is 1.67. The highest BCUT2D eigenvalue weighted by molar-refractivity contribution is 7.93. The Morgan fingerprint density at radius 1 is 1.18 bits per heavy atom. The van der Waals surface area contributed by atoms with Crippen LogP contribution in [0.15, 0.2) is 66.2 Å². The summed E-state index contributed by atoms with van der Waals surface area (Å²) in [4.78, 5) is 4.30. The van der Waals surface area contributed by atoms with E-state index in [-0.39, 0.29) is 6.54 Å². The van der Waals surface area contributed by atoms with Crippen LogP contribution in [0.1, 0.15) is 11.1 Å². The van der Waals surface area contributed by atoms with Crippen molar-refractivity contribution < 1.29 is 13.6 Å². The number of thiophene rings is 1. The molecule has 1 atom stereocenters. The molecule has 4 aromatic rings. The van der Waals surface area contributed by atoms with Gasteiger partial charge in [0, 0.05) is 29.3 Å². The number of nitrogens with two attached hydrogens (primary N) is 1. The van der Waals surface area contributed by atoms with Crippen molar-refractivity contribution in [2.75, 3.05) is 16.9 Å². The number of benzene rings is 2. The topological polar surface area (TPSA) is 139 Å². The van der Waals surface area contributed by atoms with Gasteiger partial charge < -0.3 is 20.6 Å². The summed E-state index contributed by atoms with van der Waals surface area (Å²) in [5.74, 6) is 6.08. The fourth-order valence-corrected chi connectivity index (χ4v) is 4.58. The van der Waals surface area contributed by atoms with Gasteiger partial charge >= 0.3 is 0 Å². The van der Waals surface area contributed by atoms with Crippen LogP contribution < -0.4 is 21.6 Å². The molecule has 172 valence electrons. The van der Waals surface area contributed by atoms with Crippen molar-refractivity contribution >= 4 is 54.3 Å². The second-order valence-electron chi connectivity index (χ2n) is 7.43. The van der Waals surface area contributed by atoms with Crippen LogP contribution in [-0.2, 0) is 23.1 Å². The van der Waals surface area contributed by atoms with Crippen molar-refractivity contribution in [2.45, 2.75) is 13.1 Å². The number of nitrogens with zero attached hydrogens (tertiary/aromatic N) is 2. The molecule has 0 fully saturated rings. The van der Waals surface area contributed by atoms with E-state index in [4.69, 9.17) is 5.84 Å². The first-order valence-electron chi connectivity index (χ1n) is 10.0. The monoisotopic (exact) mass is 483 g/mol. The van der Waals surface area contributed by atoms with Crippen molar-refractivity contribution in [1.29, 1.82) is 0 Å². The van der Waals surface area contributed by atoms with Gasteiger partial charge in [0.05, 0.1) is 16.2 Å². The van der Waals surface area contributed by atoms with E-state index in [1.807, 2.05) is 12.1 Å². The van der Waals surface area contributed by atoms with E-state index in [0.717, 1.165) is 23.1 Å². The second-order valence-corrected chi connectivity index (χ2v) is 10.1. The predicted octanol–water partition coefficient (Wildman–Crippen LogP) is 3.37. The SMILES string of the molecule is CS(=O)(=O)[N-]Cc1ccc(Nc2cc(NCc3cccc4ccsc34)c([NH+](N)[O-])cn2)cc1. The number of nitrogen functional groups attached to an aromatic ring is 1. The van der Waals surface area contributed by atoms with E-state index in [1.165, 1.54) is 16.3 Å². The van der Waals surface area contributed by atoms with E-state index in [2.05, 4.69) is 37.9 Å². The maximum absolute atomic E-state index is 11.9. The highest BCUT2D eigenvalue weighted by Crippen LogP contribution is 2.28. The number of rotatable bonds is 9. The van der Waals surface area contributed by atoms with Crippen molar-refractivity contribution in [2.24, 2.45) is 5.84 Å². The number of sulfonamides is 1. The van der Waals surface area contributed by atoms with Crippen LogP contribution in [-0.4, -0.2) is 19.7 Å². The molecule has 0 saturated heterocycles. The van der Waals surface area contributed by atoms with Crippen LogP contribution in [0.5, 0.6) is 0 Å². The summed E-state index contributed by atoms with van der Waals surface area (Å²) in [6, 6.07) is 17.1. The molecule has 0 amide bonds. The summed E-state index contributed by atoms with van der Waals surface area (Å²) in [5.41, 5.74) is 3.54. The minimum atomic E-state index is -3.38. The second kappa shape index (κ2) is 9.83. The third-order valence-electron chi connectivity index (χ3n) is 4.91. The fourth-order valence-electron chi connectivity index (χ4n) is 3.28. The summed E-state index contributed by atoms with van der Waals surface area (Å²) < 4.78 is 27.2. The summed E-state index contributed by atoms with van der Waals surface area (Å²) in [6.45, 7) is 0.621. The molecule has 1 unspecified atom stereocenters. The minimum absolute atomic E-state index is 0.0930. The molecule has 0 bridgehead atoms. The van der Waals surface area contributed by atoms with Crippen molar-refractivity contribution in [3.05, 3.63) is 87.2 Å². The van der Waals surface area contributed by atoms with Gasteiger partial charge in [-0.15, -0.1) is 17.9 Å². The molecule has 5 N–H and O–H groups in total. The average Bonchev–Trinajstić information content (AvgIpc) is 3.26. The molecule has 0 saturated carbocycles. The Kier molecular flexibility index (Phi) is 6.88. The van der Waals surface area contributed by atoms with Crippen LogP contribution in [0.25, 0.3) is 14.8 Å². The van der Waals surface area contributed by atoms with Gasteiger partial charge in [-0.1, -0.05) is 35.9 Å². The maximum atomic E-state index is 11.9. The van der Waals surface area contributed by atoms with Crippen LogP contribution in [0.4, 0.5) is 22.9 Å². The number of hydrogen-bond acceptors (Lipinski definition) is 8. The number of anilines is 3. The zero-order chi connectivity index (χ0) is 23.4. The summed E-state index contributed by atoms with van der Waals surface area (Å²) in [6.07, 6.45) is 2.51. The lowest BCUT2D eigenvalue weighted by molar-refractivity contribution is -0.789. The van der Waals surface area contributed by atoms with E-state index in [9.17, 15) is 13.6 Å². The van der Waals surface area contributed by atoms with Gasteiger partial charge in [0.15, 0.2) is 5.69 Å². The molecule has 2 aromatic carbocycles. The number of fused-ring (bicyclic) bond motifs is 1. The highest BCUT2D eigenvalue weighted by Gasteiger charge is 2.12. The van der Waals surface area contributed by atoms with Gasteiger partial charge in [-0.05, 0) is 34.5 Å². The lowest BCUT2D eigenvalue weighted by Gasteiger charge is -2.19. The van der Waals surface area contributed by atoms with E-state index < -0.39 is 15.2 Å². The Morgan fingerprint density at radius 3 is 2.70 bits per heavy atom. The van der Waals surface area contributed by atoms with Crippen molar-refractivity contribution in [3.63, 3.8) is 0 Å². The first-order chi connectivity index (χ1) is 15.8. The number of nitrogens with one attached hydrogen (secondary N) is 3. The van der Waals surface area contributed by atoms with Crippen LogP contribution >= 0.6 is 11.3 Å². The molecule has 4 rings (SSSR count). The fraction of sp³-hybridized carbons (Fsp3) is 0.136. The maximum Gasteiger partial charge on any atom is 0.192 e. The number of quaternary nitrogens is 1. The van der Waals surface area contributed by atoms with Gasteiger partial charge in [-0.25, -0.2) is 13.4 Å². The third-order valence-corrected chi connectivity index (χ3v) is 6.51. The quantitative estimate of drug-likeness (QED) is 0.211. The highest BCUT2D eigenvalue weighted by atomic mass is 32.2. The molecule has 0 aliphatic carbocycles. The van der Waals surface area contributed by atoms with Crippen molar-refractivity contribution in [3.8, 4) is 0 Å². The number of aromatic nitrogens is 1. The summed E-state index contributed by atoms with van der Waals surface area (Å²) in [7, 11) is -3.38. The number of hydrogen-bond donors (Lipinski definition) is 4. The Hall–Kier alpha value is -3.06. The molecule has 2 aromatic heterocycles. The van der Waals surface area contributed by atoms with Crippen LogP contribution in [0.2, 0.25) is 0 Å². The molecule has 0 aliphatic rings. The zero-order valence-electron chi connectivity index (χ0n) is 17.8. The first-order valence-corrected chi connectivity index (χ1v) is 12.7. The van der Waals surface area contributed by atoms with Gasteiger partial charge in [0.1, 0.15) is 11.5 Å². The van der Waals surface area contributed by atoms with Gasteiger partial charge in [0.25, 0.3) is 0 Å². The molecular formula is C22H23N6O3S2-. The van der Waals surface area contributed by atoms with Gasteiger partial charge in [-0.3, -0.25) is 5.17 Å². The van der Waals surface area contributed by atoms with E-state index >= 15 is 0 Å². The smallest absolute Gasteiger partial charge is 0.192 e. The molecule has 33 heavy (non-hydrogen) atoms. The Labute approximate surface area is 195 Å². The molecule has 9 nitrogen and oxygen atoms in total. The first kappa shape index (κ1) is 23.1. The minimum Gasteiger partial charge on any atom is -0.608 e. The Balaban J connectivity index is 1.49. The zero-order valence-corrected chi connectivity index (χ0v) is 19.4. The van der Waals surface area contributed by atoms with Crippen LogP contribution in [0, 0.1) is 5.21 Å². The standard InChI is InChI=1S/C22H23N6O3S2/c1-33(30,31)26-12-15-5-7-18(8-6-15)27-21-11-19(20(14-25-21)28(23)29)24-13-17-4-2-3-16-9-10-32-22(16)17/h2-11,14,28H,12-13,23H2,1H3,(H2,24,25,27)/q-1. The molecule has 0 radical (unpaired) electrons. The van der Waals surface area contributed by atoms with Gasteiger partial charge in [-0.2, -0.15) is 5.84 Å². The molecule has 2 heterocycles. The lowest BCUT2D eigenvalue weighted by Crippen LogP contribution is -3.08. The molecule has 11 heteroatoms. The predicted molar refractivity (Wildman–Crippen MR) is 133 cm³/mol. The molecular weight excluding hydrogens is 460 g/mol. The number of pyridine rings is 1. The van der Waals surface area contributed by atoms with E-state index in [0.29, 0.717) is 23.7 Å². The normalized spacial score (nSPS) is 12.6. The van der Waals surface area contributed by atoms with Crippen LogP contribution in [0.3, 0.4) is 0 Å². The Bertz CT molecular complexity index is 1350. The third kappa shape index (κ3) is 6.05. The van der Waals surface area contributed by atoms with Crippen molar-refractivity contribution in [1.82, 2.24) is 4.98 Å². The summed E-state index contributed by atoms with van der Waals surface area (Å²) in [5, 5.41) is 21.1. The molecule has 0 spiro atoms. The van der Waals surface area contributed by atoms with Gasteiger partial charge in [0.2, 0.25) is 0 Å². The average molecular weight is 484 g/mol. The van der Waals surface area contributed by atoms with E-state index in [1.54, 1.807) is 41.7 Å². The lowest BCUT2D eigenvalue weighted by atomic mass is 10.1. The molecule has 0 aliphatic heterocycles. The largest absolute Gasteiger partial charge is 0.608 e.